The first kappa shape index (κ1) is 29.3. The van der Waals surface area contributed by atoms with Crippen LogP contribution in [0.5, 0.6) is 17.4 Å². The summed E-state index contributed by atoms with van der Waals surface area (Å²) in [7, 11) is 5.23. The van der Waals surface area contributed by atoms with Crippen LogP contribution in [0.3, 0.4) is 0 Å². The molecule has 1 aromatic heterocycles. The zero-order chi connectivity index (χ0) is 31.7. The number of benzene rings is 2. The zero-order valence-electron chi connectivity index (χ0n) is 25.2. The van der Waals surface area contributed by atoms with Crippen LogP contribution in [0.2, 0.25) is 0 Å². The van der Waals surface area contributed by atoms with Gasteiger partial charge in [-0.3, -0.25) is 9.59 Å². The van der Waals surface area contributed by atoms with Crippen LogP contribution < -0.4 is 14.8 Å². The zero-order valence-corrected chi connectivity index (χ0v) is 25.2. The monoisotopic (exact) mass is 622 g/mol. The van der Waals surface area contributed by atoms with Crippen LogP contribution in [0.4, 0.5) is 24.8 Å². The average molecular weight is 623 g/mol. The number of carbonyl (C=O) groups is 2. The highest BCUT2D eigenvalue weighted by atomic mass is 19.4. The van der Waals surface area contributed by atoms with Gasteiger partial charge in [-0.1, -0.05) is 12.1 Å². The third-order valence-electron chi connectivity index (χ3n) is 9.73. The molecule has 4 aliphatic rings. The van der Waals surface area contributed by atoms with E-state index in [2.05, 4.69) is 27.2 Å². The van der Waals surface area contributed by atoms with E-state index in [0.29, 0.717) is 36.3 Å². The summed E-state index contributed by atoms with van der Waals surface area (Å²) in [5.74, 6) is -1.04. The van der Waals surface area contributed by atoms with Crippen LogP contribution in [0.15, 0.2) is 42.6 Å². The Morgan fingerprint density at radius 2 is 1.80 bits per heavy atom. The SMILES string of the molecule is COc1cc(C(=O)N2CCC3(CCN(C)C3)C2)ccc1Nc1ncc(C(F)(F)F)c(Oc2cccc3c2C(=O)N(C)C32CC2)n1. The van der Waals surface area contributed by atoms with Crippen molar-refractivity contribution < 1.29 is 32.2 Å². The summed E-state index contributed by atoms with van der Waals surface area (Å²) in [5, 5.41) is 2.90. The predicted molar refractivity (Wildman–Crippen MR) is 158 cm³/mol. The number of carbonyl (C=O) groups excluding carboxylic acids is 2. The minimum atomic E-state index is -4.81. The second-order valence-corrected chi connectivity index (χ2v) is 12.6. The summed E-state index contributed by atoms with van der Waals surface area (Å²) in [4.78, 5) is 40.2. The lowest BCUT2D eigenvalue weighted by Crippen LogP contribution is -2.33. The third-order valence-corrected chi connectivity index (χ3v) is 9.73. The van der Waals surface area contributed by atoms with Crippen molar-refractivity contribution in [3.8, 4) is 17.4 Å². The molecule has 2 saturated heterocycles. The number of hydrogen-bond donors (Lipinski definition) is 1. The van der Waals surface area contributed by atoms with E-state index in [1.165, 1.54) is 13.2 Å². The first-order valence-electron chi connectivity index (χ1n) is 14.9. The second kappa shape index (κ2) is 10.3. The smallest absolute Gasteiger partial charge is 0.423 e. The Kier molecular flexibility index (Phi) is 6.73. The fraction of sp³-hybridized carbons (Fsp3) is 0.438. The van der Waals surface area contributed by atoms with Gasteiger partial charge in [0, 0.05) is 43.9 Å². The Bertz CT molecular complexity index is 1710. The normalized spacial score (nSPS) is 22.0. The summed E-state index contributed by atoms with van der Waals surface area (Å²) >= 11 is 0. The lowest BCUT2D eigenvalue weighted by Gasteiger charge is -2.24. The van der Waals surface area contributed by atoms with E-state index in [-0.39, 0.29) is 34.5 Å². The van der Waals surface area contributed by atoms with Crippen molar-refractivity contribution in [3.63, 3.8) is 0 Å². The highest BCUT2D eigenvalue weighted by Gasteiger charge is 2.57. The number of aromatic nitrogens is 2. The molecule has 1 aliphatic carbocycles. The van der Waals surface area contributed by atoms with E-state index in [1.54, 1.807) is 36.2 Å². The van der Waals surface area contributed by atoms with Crippen molar-refractivity contribution in [3.05, 3.63) is 64.8 Å². The van der Waals surface area contributed by atoms with E-state index in [1.807, 2.05) is 11.0 Å². The molecule has 3 fully saturated rings. The maximum atomic E-state index is 14.0. The van der Waals surface area contributed by atoms with Crippen LogP contribution in [0.25, 0.3) is 0 Å². The Hall–Kier alpha value is -4.39. The first-order chi connectivity index (χ1) is 21.4. The van der Waals surface area contributed by atoms with Crippen molar-refractivity contribution in [1.29, 1.82) is 0 Å². The number of fused-ring (bicyclic) bond motifs is 2. The second-order valence-electron chi connectivity index (χ2n) is 12.6. The Balaban J connectivity index is 1.15. The largest absolute Gasteiger partial charge is 0.495 e. The van der Waals surface area contributed by atoms with Gasteiger partial charge < -0.3 is 29.5 Å². The fourth-order valence-electron chi connectivity index (χ4n) is 7.12. The van der Waals surface area contributed by atoms with Gasteiger partial charge in [-0.25, -0.2) is 4.98 Å². The van der Waals surface area contributed by atoms with Gasteiger partial charge in [0.05, 0.1) is 23.9 Å². The van der Waals surface area contributed by atoms with Gasteiger partial charge in [0.1, 0.15) is 17.1 Å². The van der Waals surface area contributed by atoms with Gasteiger partial charge in [0.2, 0.25) is 11.8 Å². The lowest BCUT2D eigenvalue weighted by molar-refractivity contribution is -0.139. The van der Waals surface area contributed by atoms with Crippen molar-refractivity contribution in [2.24, 2.45) is 5.41 Å². The summed E-state index contributed by atoms with van der Waals surface area (Å²) in [6, 6.07) is 9.79. The van der Waals surface area contributed by atoms with Gasteiger partial charge in [0.25, 0.3) is 11.8 Å². The molecule has 1 saturated carbocycles. The average Bonchev–Trinajstić information content (AvgIpc) is 3.52. The first-order valence-corrected chi connectivity index (χ1v) is 14.9. The molecule has 1 unspecified atom stereocenters. The summed E-state index contributed by atoms with van der Waals surface area (Å²) < 4.78 is 53.4. The maximum Gasteiger partial charge on any atom is 0.423 e. The Morgan fingerprint density at radius 3 is 2.49 bits per heavy atom. The van der Waals surface area contributed by atoms with E-state index in [0.717, 1.165) is 44.3 Å². The summed E-state index contributed by atoms with van der Waals surface area (Å²) in [5.41, 5.74) is 0.303. The number of nitrogens with one attached hydrogen (secondary N) is 1. The molecule has 1 atom stereocenters. The number of methoxy groups -OCH3 is 1. The summed E-state index contributed by atoms with van der Waals surface area (Å²) in [6.45, 7) is 3.39. The molecule has 3 aromatic rings. The highest BCUT2D eigenvalue weighted by Crippen LogP contribution is 2.57. The van der Waals surface area contributed by atoms with Crippen LogP contribution in [-0.4, -0.2) is 83.9 Å². The highest BCUT2D eigenvalue weighted by molar-refractivity contribution is 6.03. The van der Waals surface area contributed by atoms with E-state index < -0.39 is 23.2 Å². The number of nitrogens with zero attached hydrogens (tertiary/aromatic N) is 5. The molecular formula is C32H33F3N6O4. The number of anilines is 2. The molecule has 10 nitrogen and oxygen atoms in total. The molecule has 2 amide bonds. The maximum absolute atomic E-state index is 14.0. The van der Waals surface area contributed by atoms with Crippen molar-refractivity contribution in [2.75, 3.05) is 52.7 Å². The number of rotatable bonds is 6. The number of ether oxygens (including phenoxy) is 2. The molecular weight excluding hydrogens is 589 g/mol. The number of amides is 2. The molecule has 2 aromatic carbocycles. The van der Waals surface area contributed by atoms with Crippen molar-refractivity contribution >= 4 is 23.5 Å². The van der Waals surface area contributed by atoms with Crippen LogP contribution in [-0.2, 0) is 11.7 Å². The Morgan fingerprint density at radius 1 is 1.02 bits per heavy atom. The third kappa shape index (κ3) is 4.93. The topological polar surface area (TPSA) is 100 Å². The molecule has 45 heavy (non-hydrogen) atoms. The van der Waals surface area contributed by atoms with Crippen molar-refractivity contribution in [1.82, 2.24) is 24.7 Å². The molecule has 7 rings (SSSR count). The number of halogens is 3. The van der Waals surface area contributed by atoms with Gasteiger partial charge in [-0.2, -0.15) is 18.2 Å². The molecule has 3 aliphatic heterocycles. The molecule has 0 radical (unpaired) electrons. The van der Waals surface area contributed by atoms with Gasteiger partial charge >= 0.3 is 6.18 Å². The quantitative estimate of drug-likeness (QED) is 0.397. The van der Waals surface area contributed by atoms with E-state index >= 15 is 0 Å². The number of likely N-dealkylation sites (tertiary alicyclic amines) is 2. The molecule has 0 bridgehead atoms. The Labute approximate surface area is 258 Å². The minimum Gasteiger partial charge on any atom is -0.495 e. The van der Waals surface area contributed by atoms with Gasteiger partial charge in [-0.15, -0.1) is 0 Å². The summed E-state index contributed by atoms with van der Waals surface area (Å²) in [6.07, 6.45) is -0.579. The number of alkyl halides is 3. The molecule has 236 valence electrons. The fourth-order valence-corrected chi connectivity index (χ4v) is 7.12. The molecule has 13 heteroatoms. The van der Waals surface area contributed by atoms with Crippen LogP contribution >= 0.6 is 0 Å². The minimum absolute atomic E-state index is 0.00309. The van der Waals surface area contributed by atoms with E-state index in [9.17, 15) is 22.8 Å². The van der Waals surface area contributed by atoms with E-state index in [4.69, 9.17) is 9.47 Å². The standard InChI is InChI=1S/C32H33F3N6O4/c1-39-13-11-30(17-39)12-14-41(18-30)27(42)19-7-8-22(24(15-19)44-3)37-29-36-16-21(32(33,34)35)26(38-29)45-23-6-4-5-20-25(23)28(43)40(2)31(20)9-10-31/h4-8,15-16H,9-14,17-18H2,1-3H3,(H,36,37,38). The molecule has 4 heterocycles. The van der Waals surface area contributed by atoms with Crippen LogP contribution in [0.1, 0.15) is 57.5 Å². The lowest BCUT2D eigenvalue weighted by atomic mass is 9.86. The predicted octanol–water partition coefficient (Wildman–Crippen LogP) is 5.28. The molecule has 1 N–H and O–H groups in total. The van der Waals surface area contributed by atoms with Crippen LogP contribution in [0, 0.1) is 5.41 Å². The van der Waals surface area contributed by atoms with Gasteiger partial charge in [0.15, 0.2) is 0 Å². The van der Waals surface area contributed by atoms with Crippen molar-refractivity contribution in [2.45, 2.75) is 37.4 Å². The van der Waals surface area contributed by atoms with Gasteiger partial charge in [-0.05, 0) is 69.1 Å². The molecule has 2 spiro atoms. The number of hydrogen-bond acceptors (Lipinski definition) is 8.